The SMILES string of the molecule is CCCCOCCOC(OCC)C(OCCO)C(C)O. The third kappa shape index (κ3) is 9.63. The summed E-state index contributed by atoms with van der Waals surface area (Å²) in [5.74, 6) is 0. The van der Waals surface area contributed by atoms with Gasteiger partial charge in [-0.3, -0.25) is 0 Å². The maximum Gasteiger partial charge on any atom is 0.186 e. The second-order valence-corrected chi connectivity index (χ2v) is 4.46. The highest BCUT2D eigenvalue weighted by molar-refractivity contribution is 4.69. The molecule has 0 saturated heterocycles. The van der Waals surface area contributed by atoms with Crippen LogP contribution in [0.4, 0.5) is 0 Å². The Morgan fingerprint density at radius 1 is 0.950 bits per heavy atom. The van der Waals surface area contributed by atoms with E-state index in [9.17, 15) is 5.11 Å². The number of unbranched alkanes of at least 4 members (excludes halogenated alkanes) is 1. The van der Waals surface area contributed by atoms with E-state index in [0.29, 0.717) is 19.8 Å². The fourth-order valence-corrected chi connectivity index (χ4v) is 1.61. The normalized spacial score (nSPS) is 16.1. The van der Waals surface area contributed by atoms with E-state index < -0.39 is 18.5 Å². The Balaban J connectivity index is 4.08. The molecule has 0 rings (SSSR count). The van der Waals surface area contributed by atoms with Crippen LogP contribution in [0.1, 0.15) is 33.6 Å². The minimum absolute atomic E-state index is 0.109. The van der Waals surface area contributed by atoms with Crippen molar-refractivity contribution < 1.29 is 29.2 Å². The molecule has 6 heteroatoms. The molecule has 3 atom stereocenters. The van der Waals surface area contributed by atoms with Crippen molar-refractivity contribution in [3.63, 3.8) is 0 Å². The molecule has 0 aromatic heterocycles. The van der Waals surface area contributed by atoms with Crippen LogP contribution < -0.4 is 0 Å². The molecule has 0 bridgehead atoms. The summed E-state index contributed by atoms with van der Waals surface area (Å²) in [5, 5.41) is 18.5. The predicted molar refractivity (Wildman–Crippen MR) is 75.6 cm³/mol. The quantitative estimate of drug-likeness (QED) is 0.367. The Morgan fingerprint density at radius 3 is 2.25 bits per heavy atom. The fraction of sp³-hybridized carbons (Fsp3) is 1.00. The van der Waals surface area contributed by atoms with E-state index in [0.717, 1.165) is 19.4 Å². The highest BCUT2D eigenvalue weighted by Crippen LogP contribution is 2.11. The molecule has 0 aliphatic carbocycles. The molecule has 0 radical (unpaired) electrons. The second kappa shape index (κ2) is 13.7. The lowest BCUT2D eigenvalue weighted by molar-refractivity contribution is -0.230. The van der Waals surface area contributed by atoms with Gasteiger partial charge >= 0.3 is 0 Å². The van der Waals surface area contributed by atoms with Gasteiger partial charge in [-0.05, 0) is 20.3 Å². The number of hydrogen-bond acceptors (Lipinski definition) is 6. The first-order valence-electron chi connectivity index (χ1n) is 7.38. The summed E-state index contributed by atoms with van der Waals surface area (Å²) >= 11 is 0. The molecule has 0 aliphatic heterocycles. The molecule has 0 heterocycles. The van der Waals surface area contributed by atoms with Gasteiger partial charge < -0.3 is 29.2 Å². The van der Waals surface area contributed by atoms with Gasteiger partial charge in [0.2, 0.25) is 0 Å². The van der Waals surface area contributed by atoms with Gasteiger partial charge in [0.1, 0.15) is 6.10 Å². The maximum atomic E-state index is 9.71. The summed E-state index contributed by atoms with van der Waals surface area (Å²) in [5.41, 5.74) is 0. The number of ether oxygens (including phenoxy) is 4. The fourth-order valence-electron chi connectivity index (χ4n) is 1.61. The van der Waals surface area contributed by atoms with Crippen LogP contribution in [-0.2, 0) is 18.9 Å². The van der Waals surface area contributed by atoms with Gasteiger partial charge in [-0.2, -0.15) is 0 Å². The molecular formula is C14H30O6. The number of hydrogen-bond donors (Lipinski definition) is 2. The van der Waals surface area contributed by atoms with E-state index in [4.69, 9.17) is 24.1 Å². The van der Waals surface area contributed by atoms with Gasteiger partial charge in [-0.15, -0.1) is 0 Å². The summed E-state index contributed by atoms with van der Waals surface area (Å²) in [6.07, 6.45) is 0.0879. The van der Waals surface area contributed by atoms with Crippen molar-refractivity contribution in [2.75, 3.05) is 39.6 Å². The molecular weight excluding hydrogens is 264 g/mol. The van der Waals surface area contributed by atoms with Gasteiger partial charge in [-0.25, -0.2) is 0 Å². The van der Waals surface area contributed by atoms with Crippen LogP contribution in [0.25, 0.3) is 0 Å². The lowest BCUT2D eigenvalue weighted by atomic mass is 10.2. The smallest absolute Gasteiger partial charge is 0.186 e. The summed E-state index contributed by atoms with van der Waals surface area (Å²) in [6, 6.07) is 0. The van der Waals surface area contributed by atoms with Crippen LogP contribution in [0, 0.1) is 0 Å². The van der Waals surface area contributed by atoms with Crippen LogP contribution in [0.3, 0.4) is 0 Å². The molecule has 20 heavy (non-hydrogen) atoms. The minimum Gasteiger partial charge on any atom is -0.394 e. The third-order valence-corrected chi connectivity index (χ3v) is 2.63. The van der Waals surface area contributed by atoms with Crippen LogP contribution in [-0.4, -0.2) is 68.4 Å². The van der Waals surface area contributed by atoms with Gasteiger partial charge in [0.05, 0.1) is 32.5 Å². The van der Waals surface area contributed by atoms with Crippen molar-refractivity contribution in [2.24, 2.45) is 0 Å². The number of rotatable bonds is 14. The maximum absolute atomic E-state index is 9.71. The summed E-state index contributed by atoms with van der Waals surface area (Å²) in [4.78, 5) is 0. The summed E-state index contributed by atoms with van der Waals surface area (Å²) in [6.45, 7) is 7.62. The third-order valence-electron chi connectivity index (χ3n) is 2.63. The van der Waals surface area contributed by atoms with Crippen LogP contribution in [0.5, 0.6) is 0 Å². The molecule has 3 unspecified atom stereocenters. The van der Waals surface area contributed by atoms with E-state index in [2.05, 4.69) is 6.92 Å². The Kier molecular flexibility index (Phi) is 13.6. The molecule has 122 valence electrons. The highest BCUT2D eigenvalue weighted by atomic mass is 16.7. The van der Waals surface area contributed by atoms with Crippen molar-refractivity contribution >= 4 is 0 Å². The highest BCUT2D eigenvalue weighted by Gasteiger charge is 2.28. The monoisotopic (exact) mass is 294 g/mol. The van der Waals surface area contributed by atoms with E-state index in [1.165, 1.54) is 0 Å². The predicted octanol–water partition coefficient (Wildman–Crippen LogP) is 0.941. The van der Waals surface area contributed by atoms with Gasteiger partial charge in [0.25, 0.3) is 0 Å². The zero-order valence-electron chi connectivity index (χ0n) is 12.9. The average molecular weight is 294 g/mol. The van der Waals surface area contributed by atoms with Crippen LogP contribution in [0.15, 0.2) is 0 Å². The molecule has 0 amide bonds. The molecule has 6 nitrogen and oxygen atoms in total. The van der Waals surface area contributed by atoms with Gasteiger partial charge in [0, 0.05) is 13.2 Å². The van der Waals surface area contributed by atoms with E-state index in [-0.39, 0.29) is 13.2 Å². The summed E-state index contributed by atoms with van der Waals surface area (Å²) < 4.78 is 21.8. The lowest BCUT2D eigenvalue weighted by Gasteiger charge is -2.29. The second-order valence-electron chi connectivity index (χ2n) is 4.46. The largest absolute Gasteiger partial charge is 0.394 e. The lowest BCUT2D eigenvalue weighted by Crippen LogP contribution is -2.42. The van der Waals surface area contributed by atoms with Crippen molar-refractivity contribution in [3.05, 3.63) is 0 Å². The Morgan fingerprint density at radius 2 is 1.70 bits per heavy atom. The van der Waals surface area contributed by atoms with Crippen molar-refractivity contribution in [1.82, 2.24) is 0 Å². The Bertz CT molecular complexity index is 200. The standard InChI is InChI=1S/C14H30O6/c1-4-6-8-17-10-11-20-14(18-5-2)13(12(3)16)19-9-7-15/h12-16H,4-11H2,1-3H3. The molecule has 0 saturated carbocycles. The molecule has 0 aromatic carbocycles. The zero-order chi connectivity index (χ0) is 15.2. The van der Waals surface area contributed by atoms with E-state index >= 15 is 0 Å². The van der Waals surface area contributed by atoms with Crippen LogP contribution >= 0.6 is 0 Å². The van der Waals surface area contributed by atoms with Gasteiger partial charge in [0.15, 0.2) is 6.29 Å². The van der Waals surface area contributed by atoms with Gasteiger partial charge in [-0.1, -0.05) is 13.3 Å². The topological polar surface area (TPSA) is 77.4 Å². The first-order chi connectivity index (χ1) is 9.67. The molecule has 0 fully saturated rings. The average Bonchev–Trinajstić information content (AvgIpc) is 2.42. The Hall–Kier alpha value is -0.240. The van der Waals surface area contributed by atoms with E-state index in [1.54, 1.807) is 6.92 Å². The van der Waals surface area contributed by atoms with E-state index in [1.807, 2.05) is 6.92 Å². The number of aliphatic hydroxyl groups is 2. The minimum atomic E-state index is -0.751. The molecule has 0 aliphatic rings. The van der Waals surface area contributed by atoms with Crippen molar-refractivity contribution in [1.29, 1.82) is 0 Å². The molecule has 0 aromatic rings. The Labute approximate surface area is 122 Å². The number of aliphatic hydroxyl groups excluding tert-OH is 2. The molecule has 0 spiro atoms. The first-order valence-corrected chi connectivity index (χ1v) is 7.38. The zero-order valence-corrected chi connectivity index (χ0v) is 12.9. The van der Waals surface area contributed by atoms with Crippen molar-refractivity contribution in [2.45, 2.75) is 52.1 Å². The van der Waals surface area contributed by atoms with Crippen LogP contribution in [0.2, 0.25) is 0 Å². The molecule has 2 N–H and O–H groups in total. The first kappa shape index (κ1) is 19.8. The van der Waals surface area contributed by atoms with Crippen molar-refractivity contribution in [3.8, 4) is 0 Å². The summed E-state index contributed by atoms with van der Waals surface area (Å²) in [7, 11) is 0.